The first-order chi connectivity index (χ1) is 14.9. The SMILES string of the molecule is Cc1nn(-c2ccccc2)c(C)c1/C=N\N1C(=O)N[C@](C)(CCc2ccccc2)C1=O. The van der Waals surface area contributed by atoms with E-state index in [2.05, 4.69) is 15.5 Å². The molecule has 2 heterocycles. The highest BCUT2D eigenvalue weighted by molar-refractivity contribution is 6.07. The van der Waals surface area contributed by atoms with Crippen LogP contribution in [0.3, 0.4) is 0 Å². The van der Waals surface area contributed by atoms with E-state index >= 15 is 0 Å². The van der Waals surface area contributed by atoms with E-state index in [0.29, 0.717) is 12.8 Å². The van der Waals surface area contributed by atoms with Crippen molar-refractivity contribution in [2.45, 2.75) is 39.2 Å². The average molecular weight is 415 g/mol. The Morgan fingerprint density at radius 3 is 2.35 bits per heavy atom. The maximum atomic E-state index is 13.0. The van der Waals surface area contributed by atoms with Crippen molar-refractivity contribution < 1.29 is 9.59 Å². The lowest BCUT2D eigenvalue weighted by atomic mass is 9.93. The number of hydrogen-bond acceptors (Lipinski definition) is 4. The van der Waals surface area contributed by atoms with Crippen molar-refractivity contribution in [1.29, 1.82) is 0 Å². The Balaban J connectivity index is 1.52. The minimum absolute atomic E-state index is 0.351. The molecular weight excluding hydrogens is 390 g/mol. The van der Waals surface area contributed by atoms with Gasteiger partial charge in [0, 0.05) is 5.56 Å². The molecule has 2 aromatic carbocycles. The lowest BCUT2D eigenvalue weighted by Crippen LogP contribution is -2.44. The van der Waals surface area contributed by atoms with Gasteiger partial charge >= 0.3 is 6.03 Å². The summed E-state index contributed by atoms with van der Waals surface area (Å²) in [6.45, 7) is 5.56. The fraction of sp³-hybridized carbons (Fsp3) is 0.250. The molecule has 1 fully saturated rings. The highest BCUT2D eigenvalue weighted by atomic mass is 16.2. The zero-order chi connectivity index (χ0) is 22.0. The van der Waals surface area contributed by atoms with Gasteiger partial charge in [-0.3, -0.25) is 4.79 Å². The van der Waals surface area contributed by atoms with Crippen LogP contribution in [0, 0.1) is 13.8 Å². The first kappa shape index (κ1) is 20.5. The van der Waals surface area contributed by atoms with E-state index in [1.54, 1.807) is 6.92 Å². The lowest BCUT2D eigenvalue weighted by molar-refractivity contribution is -0.130. The second-order valence-electron chi connectivity index (χ2n) is 7.94. The Kier molecular flexibility index (Phi) is 5.42. The predicted molar refractivity (Wildman–Crippen MR) is 119 cm³/mol. The fourth-order valence-electron chi connectivity index (χ4n) is 3.76. The first-order valence-electron chi connectivity index (χ1n) is 10.3. The van der Waals surface area contributed by atoms with Crippen LogP contribution in [0.25, 0.3) is 5.69 Å². The third-order valence-corrected chi connectivity index (χ3v) is 5.65. The smallest absolute Gasteiger partial charge is 0.322 e. The molecule has 7 heteroatoms. The number of hydrazone groups is 1. The van der Waals surface area contributed by atoms with Crippen LogP contribution in [0.2, 0.25) is 0 Å². The summed E-state index contributed by atoms with van der Waals surface area (Å²) in [5.74, 6) is -0.351. The fourth-order valence-corrected chi connectivity index (χ4v) is 3.76. The average Bonchev–Trinajstić information content (AvgIpc) is 3.18. The second kappa shape index (κ2) is 8.18. The number of amides is 3. The Hall–Kier alpha value is -3.74. The molecule has 1 N–H and O–H groups in total. The zero-order valence-corrected chi connectivity index (χ0v) is 17.9. The third kappa shape index (κ3) is 3.99. The van der Waals surface area contributed by atoms with Crippen LogP contribution in [-0.2, 0) is 11.2 Å². The van der Waals surface area contributed by atoms with Crippen LogP contribution in [0.5, 0.6) is 0 Å². The molecule has 1 saturated heterocycles. The van der Waals surface area contributed by atoms with Crippen LogP contribution < -0.4 is 5.32 Å². The van der Waals surface area contributed by atoms with Gasteiger partial charge in [0.2, 0.25) is 0 Å². The van der Waals surface area contributed by atoms with Gasteiger partial charge in [-0.25, -0.2) is 9.48 Å². The quantitative estimate of drug-likeness (QED) is 0.492. The molecule has 1 atom stereocenters. The molecule has 1 aromatic heterocycles. The van der Waals surface area contributed by atoms with Crippen molar-refractivity contribution in [2.75, 3.05) is 0 Å². The molecule has 1 aliphatic rings. The minimum Gasteiger partial charge on any atom is -0.322 e. The van der Waals surface area contributed by atoms with Gasteiger partial charge < -0.3 is 5.32 Å². The molecule has 7 nitrogen and oxygen atoms in total. The van der Waals surface area contributed by atoms with Crippen LogP contribution in [0.1, 0.15) is 35.9 Å². The summed E-state index contributed by atoms with van der Waals surface area (Å²) in [5, 5.41) is 12.5. The number of nitrogens with one attached hydrogen (secondary N) is 1. The molecule has 1 aliphatic heterocycles. The van der Waals surface area contributed by atoms with Gasteiger partial charge in [-0.15, -0.1) is 5.01 Å². The number of para-hydroxylation sites is 1. The number of nitrogens with zero attached hydrogens (tertiary/aromatic N) is 4. The summed E-state index contributed by atoms with van der Waals surface area (Å²) < 4.78 is 1.83. The van der Waals surface area contributed by atoms with E-state index in [4.69, 9.17) is 0 Å². The maximum absolute atomic E-state index is 13.0. The van der Waals surface area contributed by atoms with Crippen molar-refractivity contribution in [3.8, 4) is 5.69 Å². The highest BCUT2D eigenvalue weighted by Crippen LogP contribution is 2.24. The van der Waals surface area contributed by atoms with Crippen LogP contribution in [0.4, 0.5) is 4.79 Å². The predicted octanol–water partition coefficient (Wildman–Crippen LogP) is 3.77. The molecule has 3 aromatic rings. The normalized spacial score (nSPS) is 18.7. The largest absolute Gasteiger partial charge is 0.346 e. The summed E-state index contributed by atoms with van der Waals surface area (Å²) in [7, 11) is 0. The molecule has 0 radical (unpaired) electrons. The first-order valence-corrected chi connectivity index (χ1v) is 10.3. The number of carbonyl (C=O) groups is 2. The summed E-state index contributed by atoms with van der Waals surface area (Å²) >= 11 is 0. The summed E-state index contributed by atoms with van der Waals surface area (Å²) in [6, 6.07) is 19.2. The number of rotatable bonds is 6. The van der Waals surface area contributed by atoms with Gasteiger partial charge in [-0.2, -0.15) is 10.2 Å². The maximum Gasteiger partial charge on any atom is 0.346 e. The summed E-state index contributed by atoms with van der Waals surface area (Å²) in [5.41, 5.74) is 3.50. The molecule has 0 saturated carbocycles. The van der Waals surface area contributed by atoms with Gasteiger partial charge in [0.1, 0.15) is 5.54 Å². The van der Waals surface area contributed by atoms with E-state index < -0.39 is 11.6 Å². The molecule has 0 aliphatic carbocycles. The number of aromatic nitrogens is 2. The molecule has 0 unspecified atom stereocenters. The van der Waals surface area contributed by atoms with Gasteiger partial charge in [0.15, 0.2) is 0 Å². The molecule has 3 amide bonds. The van der Waals surface area contributed by atoms with Gasteiger partial charge in [0.05, 0.1) is 23.3 Å². The van der Waals surface area contributed by atoms with Crippen LogP contribution in [-0.4, -0.2) is 38.5 Å². The summed E-state index contributed by atoms with van der Waals surface area (Å²) in [6.07, 6.45) is 2.72. The molecule has 31 heavy (non-hydrogen) atoms. The molecule has 158 valence electrons. The van der Waals surface area contributed by atoms with Crippen molar-refractivity contribution in [2.24, 2.45) is 5.10 Å². The Morgan fingerprint density at radius 2 is 1.68 bits per heavy atom. The number of urea groups is 1. The van der Waals surface area contributed by atoms with E-state index in [0.717, 1.165) is 33.2 Å². The van der Waals surface area contributed by atoms with Crippen LogP contribution >= 0.6 is 0 Å². The van der Waals surface area contributed by atoms with E-state index in [1.807, 2.05) is 79.2 Å². The number of carbonyl (C=O) groups excluding carboxylic acids is 2. The number of benzene rings is 2. The van der Waals surface area contributed by atoms with Crippen molar-refractivity contribution in [3.05, 3.63) is 83.2 Å². The van der Waals surface area contributed by atoms with Crippen molar-refractivity contribution in [3.63, 3.8) is 0 Å². The van der Waals surface area contributed by atoms with Gasteiger partial charge in [-0.05, 0) is 51.3 Å². The molecule has 0 spiro atoms. The number of imide groups is 1. The van der Waals surface area contributed by atoms with E-state index in [-0.39, 0.29) is 5.91 Å². The van der Waals surface area contributed by atoms with Crippen LogP contribution in [0.15, 0.2) is 65.8 Å². The Labute approximate surface area is 181 Å². The van der Waals surface area contributed by atoms with Gasteiger partial charge in [0.25, 0.3) is 5.91 Å². The molecular formula is C24H25N5O2. The number of aryl methyl sites for hydroxylation is 2. The Bertz CT molecular complexity index is 1140. The number of hydrogen-bond donors (Lipinski definition) is 1. The molecule has 4 rings (SSSR count). The minimum atomic E-state index is -0.984. The van der Waals surface area contributed by atoms with E-state index in [1.165, 1.54) is 6.21 Å². The highest BCUT2D eigenvalue weighted by Gasteiger charge is 2.47. The van der Waals surface area contributed by atoms with Gasteiger partial charge in [-0.1, -0.05) is 48.5 Å². The Morgan fingerprint density at radius 1 is 1.03 bits per heavy atom. The monoisotopic (exact) mass is 415 g/mol. The third-order valence-electron chi connectivity index (χ3n) is 5.65. The van der Waals surface area contributed by atoms with Crippen molar-refractivity contribution >= 4 is 18.2 Å². The summed E-state index contributed by atoms with van der Waals surface area (Å²) in [4.78, 5) is 25.5. The van der Waals surface area contributed by atoms with E-state index in [9.17, 15) is 9.59 Å². The second-order valence-corrected chi connectivity index (χ2v) is 7.94. The standard InChI is InChI=1S/C24H25N5O2/c1-17-21(18(2)28(27-17)20-12-8-5-9-13-20)16-25-29-22(30)24(3,26-23(29)31)15-14-19-10-6-4-7-11-19/h4-13,16H,14-15H2,1-3H3,(H,26,31)/b25-16-/t24-/m1/s1. The zero-order valence-electron chi connectivity index (χ0n) is 17.9. The molecule has 0 bridgehead atoms. The topological polar surface area (TPSA) is 79.6 Å². The lowest BCUT2D eigenvalue weighted by Gasteiger charge is -2.20. The van der Waals surface area contributed by atoms with Crippen molar-refractivity contribution in [1.82, 2.24) is 20.1 Å².